The normalized spacial score (nSPS) is 12.3. The summed E-state index contributed by atoms with van der Waals surface area (Å²) < 4.78 is 28.6. The van der Waals surface area contributed by atoms with E-state index in [1.807, 2.05) is 30.3 Å². The first kappa shape index (κ1) is 17.4. The molecular formula is C19H21N3O2S. The molecule has 25 heavy (non-hydrogen) atoms. The van der Waals surface area contributed by atoms with E-state index < -0.39 is 10.0 Å². The summed E-state index contributed by atoms with van der Waals surface area (Å²) in [6, 6.07) is 12.8. The second-order valence-corrected chi connectivity index (χ2v) is 8.73. The lowest BCUT2D eigenvalue weighted by molar-refractivity contribution is 0.584. The number of hydrogen-bond donors (Lipinski definition) is 1. The smallest absolute Gasteiger partial charge is 0.263 e. The molecule has 0 saturated heterocycles. The minimum Gasteiger partial charge on any atom is -0.263 e. The Kier molecular flexibility index (Phi) is 4.24. The number of benzene rings is 2. The van der Waals surface area contributed by atoms with Crippen molar-refractivity contribution in [1.29, 1.82) is 0 Å². The molecule has 3 aromatic rings. The highest BCUT2D eigenvalue weighted by molar-refractivity contribution is 7.92. The second kappa shape index (κ2) is 6.11. The molecule has 1 N–H and O–H groups in total. The number of nitrogens with zero attached hydrogens (tertiary/aromatic N) is 2. The molecule has 0 atom stereocenters. The number of nitrogens with one attached hydrogen (secondary N) is 1. The SMILES string of the molecule is Cc1ccc(C(C)(C)C)cc1S(=O)(=O)Nc1ncnc2ccccc12. The highest BCUT2D eigenvalue weighted by atomic mass is 32.2. The highest BCUT2D eigenvalue weighted by Gasteiger charge is 2.22. The Bertz CT molecular complexity index is 1030. The summed E-state index contributed by atoms with van der Waals surface area (Å²) in [7, 11) is -3.76. The Morgan fingerprint density at radius 3 is 2.44 bits per heavy atom. The summed E-state index contributed by atoms with van der Waals surface area (Å²) in [5.41, 5.74) is 2.21. The molecule has 0 bridgehead atoms. The van der Waals surface area contributed by atoms with E-state index in [-0.39, 0.29) is 16.1 Å². The van der Waals surface area contributed by atoms with Gasteiger partial charge in [0.1, 0.15) is 6.33 Å². The van der Waals surface area contributed by atoms with E-state index in [4.69, 9.17) is 0 Å². The predicted molar refractivity (Wildman–Crippen MR) is 100 cm³/mol. The monoisotopic (exact) mass is 355 g/mol. The first-order valence-electron chi connectivity index (χ1n) is 8.02. The van der Waals surface area contributed by atoms with Gasteiger partial charge >= 0.3 is 0 Å². The number of hydrogen-bond acceptors (Lipinski definition) is 4. The lowest BCUT2D eigenvalue weighted by Crippen LogP contribution is -2.18. The topological polar surface area (TPSA) is 72.0 Å². The number of rotatable bonds is 3. The fourth-order valence-electron chi connectivity index (χ4n) is 2.62. The van der Waals surface area contributed by atoms with Gasteiger partial charge in [0.05, 0.1) is 10.4 Å². The molecule has 0 aliphatic rings. The van der Waals surface area contributed by atoms with Crippen LogP contribution in [0.2, 0.25) is 0 Å². The Balaban J connectivity index is 2.08. The molecule has 0 aliphatic heterocycles. The van der Waals surface area contributed by atoms with E-state index in [1.165, 1.54) is 6.33 Å². The lowest BCUT2D eigenvalue weighted by Gasteiger charge is -2.21. The summed E-state index contributed by atoms with van der Waals surface area (Å²) >= 11 is 0. The first-order chi connectivity index (χ1) is 11.7. The van der Waals surface area contributed by atoms with Gasteiger partial charge in [-0.25, -0.2) is 18.4 Å². The predicted octanol–water partition coefficient (Wildman–Crippen LogP) is 4.04. The van der Waals surface area contributed by atoms with Crippen LogP contribution in [0.25, 0.3) is 10.9 Å². The van der Waals surface area contributed by atoms with Crippen molar-refractivity contribution in [3.8, 4) is 0 Å². The number of anilines is 1. The molecule has 0 amide bonds. The molecule has 1 aromatic heterocycles. The summed E-state index contributed by atoms with van der Waals surface area (Å²) in [5.74, 6) is 0.283. The van der Waals surface area contributed by atoms with Gasteiger partial charge in [-0.1, -0.05) is 45.0 Å². The zero-order valence-electron chi connectivity index (χ0n) is 14.7. The van der Waals surface area contributed by atoms with Gasteiger partial charge in [0.25, 0.3) is 10.0 Å². The lowest BCUT2D eigenvalue weighted by atomic mass is 9.87. The van der Waals surface area contributed by atoms with Gasteiger partial charge in [-0.05, 0) is 41.7 Å². The van der Waals surface area contributed by atoms with Crippen molar-refractivity contribution in [1.82, 2.24) is 9.97 Å². The Morgan fingerprint density at radius 2 is 1.72 bits per heavy atom. The fraction of sp³-hybridized carbons (Fsp3) is 0.263. The summed E-state index contributed by atoms with van der Waals surface area (Å²) in [6.07, 6.45) is 1.36. The standard InChI is InChI=1S/C19H21N3O2S/c1-13-9-10-14(19(2,3)4)11-17(13)25(23,24)22-18-15-7-5-6-8-16(15)20-12-21-18/h5-12H,1-4H3,(H,20,21,22). The zero-order valence-corrected chi connectivity index (χ0v) is 15.6. The Labute approximate surface area is 148 Å². The largest absolute Gasteiger partial charge is 0.263 e. The summed E-state index contributed by atoms with van der Waals surface area (Å²) in [4.78, 5) is 8.55. The third kappa shape index (κ3) is 3.49. The molecular weight excluding hydrogens is 334 g/mol. The molecule has 0 spiro atoms. The number of aryl methyl sites for hydroxylation is 1. The van der Waals surface area contributed by atoms with Crippen molar-refractivity contribution in [2.45, 2.75) is 38.0 Å². The van der Waals surface area contributed by atoms with E-state index in [0.717, 1.165) is 5.56 Å². The van der Waals surface area contributed by atoms with Crippen LogP contribution in [-0.4, -0.2) is 18.4 Å². The van der Waals surface area contributed by atoms with Crippen LogP contribution in [0.15, 0.2) is 53.7 Å². The molecule has 6 heteroatoms. The summed E-state index contributed by atoms with van der Waals surface area (Å²) in [5, 5.41) is 0.665. The van der Waals surface area contributed by atoms with Crippen LogP contribution in [0.5, 0.6) is 0 Å². The van der Waals surface area contributed by atoms with Gasteiger partial charge in [0.15, 0.2) is 5.82 Å². The van der Waals surface area contributed by atoms with Crippen LogP contribution in [0, 0.1) is 6.92 Å². The van der Waals surface area contributed by atoms with Gasteiger partial charge in [-0.15, -0.1) is 0 Å². The van der Waals surface area contributed by atoms with Gasteiger partial charge in [0.2, 0.25) is 0 Å². The first-order valence-corrected chi connectivity index (χ1v) is 9.50. The van der Waals surface area contributed by atoms with Crippen molar-refractivity contribution in [3.63, 3.8) is 0 Å². The molecule has 0 saturated carbocycles. The molecule has 5 nitrogen and oxygen atoms in total. The fourth-order valence-corrected chi connectivity index (χ4v) is 3.93. The van der Waals surface area contributed by atoms with Crippen molar-refractivity contribution in [2.24, 2.45) is 0 Å². The van der Waals surface area contributed by atoms with E-state index >= 15 is 0 Å². The Hall–Kier alpha value is -2.47. The van der Waals surface area contributed by atoms with Crippen molar-refractivity contribution >= 4 is 26.7 Å². The van der Waals surface area contributed by atoms with E-state index in [1.54, 1.807) is 19.1 Å². The van der Waals surface area contributed by atoms with Crippen LogP contribution in [0.3, 0.4) is 0 Å². The number of para-hydroxylation sites is 1. The molecule has 0 unspecified atom stereocenters. The maximum absolute atomic E-state index is 13.0. The Morgan fingerprint density at radius 1 is 1.00 bits per heavy atom. The van der Waals surface area contributed by atoms with Crippen molar-refractivity contribution in [2.75, 3.05) is 4.72 Å². The van der Waals surface area contributed by atoms with Gasteiger partial charge in [-0.2, -0.15) is 0 Å². The van der Waals surface area contributed by atoms with Crippen molar-refractivity contribution in [3.05, 3.63) is 59.9 Å². The highest BCUT2D eigenvalue weighted by Crippen LogP contribution is 2.28. The van der Waals surface area contributed by atoms with Crippen LogP contribution >= 0.6 is 0 Å². The number of aromatic nitrogens is 2. The molecule has 0 radical (unpaired) electrons. The van der Waals surface area contributed by atoms with Crippen LogP contribution in [0.1, 0.15) is 31.9 Å². The molecule has 3 rings (SSSR count). The third-order valence-electron chi connectivity index (χ3n) is 4.12. The van der Waals surface area contributed by atoms with Crippen LogP contribution in [-0.2, 0) is 15.4 Å². The zero-order chi connectivity index (χ0) is 18.2. The number of sulfonamides is 1. The van der Waals surface area contributed by atoms with E-state index in [0.29, 0.717) is 16.5 Å². The van der Waals surface area contributed by atoms with E-state index in [9.17, 15) is 8.42 Å². The van der Waals surface area contributed by atoms with E-state index in [2.05, 4.69) is 35.5 Å². The van der Waals surface area contributed by atoms with Crippen LogP contribution < -0.4 is 4.72 Å². The minimum absolute atomic E-state index is 0.139. The maximum atomic E-state index is 13.0. The molecule has 130 valence electrons. The number of fused-ring (bicyclic) bond motifs is 1. The van der Waals surface area contributed by atoms with Gasteiger partial charge in [-0.3, -0.25) is 4.72 Å². The summed E-state index contributed by atoms with van der Waals surface area (Å²) in [6.45, 7) is 7.96. The molecule has 1 heterocycles. The molecule has 0 aliphatic carbocycles. The average molecular weight is 355 g/mol. The second-order valence-electron chi connectivity index (χ2n) is 7.08. The van der Waals surface area contributed by atoms with Gasteiger partial charge in [0, 0.05) is 5.39 Å². The minimum atomic E-state index is -3.76. The molecule has 0 fully saturated rings. The van der Waals surface area contributed by atoms with Crippen LogP contribution in [0.4, 0.5) is 5.82 Å². The van der Waals surface area contributed by atoms with Crippen molar-refractivity contribution < 1.29 is 8.42 Å². The quantitative estimate of drug-likeness (QED) is 0.770. The maximum Gasteiger partial charge on any atom is 0.263 e. The average Bonchev–Trinajstić information content (AvgIpc) is 2.54. The third-order valence-corrected chi connectivity index (χ3v) is 5.60. The van der Waals surface area contributed by atoms with Gasteiger partial charge < -0.3 is 0 Å². The molecule has 2 aromatic carbocycles.